The summed E-state index contributed by atoms with van der Waals surface area (Å²) in [6, 6.07) is -0.977. The highest BCUT2D eigenvalue weighted by Crippen LogP contribution is 2.32. The van der Waals surface area contributed by atoms with Crippen LogP contribution in [0.1, 0.15) is 27.2 Å². The lowest BCUT2D eigenvalue weighted by Crippen LogP contribution is -2.47. The number of aliphatic carboxylic acids is 1. The summed E-state index contributed by atoms with van der Waals surface area (Å²) in [4.78, 5) is 25.0. The molecule has 2 heterocycles. The highest BCUT2D eigenvalue weighted by Gasteiger charge is 2.49. The summed E-state index contributed by atoms with van der Waals surface area (Å²) in [6.07, 6.45) is 3.51. The maximum atomic E-state index is 12.2. The van der Waals surface area contributed by atoms with Crippen molar-refractivity contribution in [2.75, 3.05) is 13.2 Å². The van der Waals surface area contributed by atoms with Crippen LogP contribution >= 0.6 is 0 Å². The second kappa shape index (κ2) is 5.44. The molecule has 0 saturated carbocycles. The molecule has 1 N–H and O–H groups in total. The van der Waals surface area contributed by atoms with Crippen molar-refractivity contribution in [3.05, 3.63) is 12.2 Å². The largest absolute Gasteiger partial charge is 0.480 e. The number of carbonyl (C=O) groups is 2. The standard InChI is InChI=1S/C14H21NO5/c1-14(2,3)20-13(18)15-8-9-6-4-5-7-19-11(9)10(15)12(16)17/h4-5,9-11H,6-8H2,1-3H3,(H,16,17)/t9-,10-,11+/m0/s1. The summed E-state index contributed by atoms with van der Waals surface area (Å²) in [5.74, 6) is -1.05. The van der Waals surface area contributed by atoms with Gasteiger partial charge >= 0.3 is 12.1 Å². The Bertz CT molecular complexity index is 426. The lowest BCUT2D eigenvalue weighted by atomic mass is 9.98. The molecular weight excluding hydrogens is 262 g/mol. The van der Waals surface area contributed by atoms with Gasteiger partial charge in [0.15, 0.2) is 6.04 Å². The van der Waals surface area contributed by atoms with Crippen molar-refractivity contribution in [1.82, 2.24) is 4.90 Å². The minimum atomic E-state index is -1.05. The quantitative estimate of drug-likeness (QED) is 0.740. The number of nitrogens with zero attached hydrogens (tertiary/aromatic N) is 1. The predicted molar refractivity (Wildman–Crippen MR) is 71.4 cm³/mol. The van der Waals surface area contributed by atoms with Crippen LogP contribution < -0.4 is 0 Å². The average Bonchev–Trinajstić information content (AvgIpc) is 2.52. The maximum Gasteiger partial charge on any atom is 0.411 e. The van der Waals surface area contributed by atoms with Gasteiger partial charge in [-0.3, -0.25) is 4.90 Å². The van der Waals surface area contributed by atoms with Crippen LogP contribution in [-0.2, 0) is 14.3 Å². The molecule has 1 saturated heterocycles. The monoisotopic (exact) mass is 283 g/mol. The first kappa shape index (κ1) is 14.8. The Morgan fingerprint density at radius 1 is 1.35 bits per heavy atom. The molecule has 1 fully saturated rings. The summed E-state index contributed by atoms with van der Waals surface area (Å²) in [5, 5.41) is 9.41. The van der Waals surface area contributed by atoms with Crippen LogP contribution in [0.3, 0.4) is 0 Å². The third-order valence-corrected chi connectivity index (χ3v) is 3.41. The number of carboxylic acid groups (broad SMARTS) is 1. The number of likely N-dealkylation sites (tertiary alicyclic amines) is 1. The predicted octanol–water partition coefficient (Wildman–Crippen LogP) is 1.65. The Morgan fingerprint density at radius 2 is 2.05 bits per heavy atom. The molecule has 0 aromatic rings. The normalized spacial score (nSPS) is 29.8. The molecule has 20 heavy (non-hydrogen) atoms. The van der Waals surface area contributed by atoms with E-state index in [-0.39, 0.29) is 5.92 Å². The number of carboxylic acids is 1. The van der Waals surface area contributed by atoms with Crippen molar-refractivity contribution in [3.63, 3.8) is 0 Å². The van der Waals surface area contributed by atoms with E-state index in [1.54, 1.807) is 20.8 Å². The van der Waals surface area contributed by atoms with Crippen molar-refractivity contribution >= 4 is 12.1 Å². The van der Waals surface area contributed by atoms with E-state index in [0.717, 1.165) is 0 Å². The first-order valence-electron chi connectivity index (χ1n) is 6.78. The Balaban J connectivity index is 2.18. The Labute approximate surface area is 118 Å². The van der Waals surface area contributed by atoms with Crippen LogP contribution in [0.4, 0.5) is 4.79 Å². The van der Waals surface area contributed by atoms with Gasteiger partial charge in [0.25, 0.3) is 0 Å². The third-order valence-electron chi connectivity index (χ3n) is 3.41. The highest BCUT2D eigenvalue weighted by molar-refractivity contribution is 5.81. The van der Waals surface area contributed by atoms with Crippen molar-refractivity contribution < 1.29 is 24.2 Å². The van der Waals surface area contributed by atoms with E-state index >= 15 is 0 Å². The molecule has 0 bridgehead atoms. The zero-order valence-electron chi connectivity index (χ0n) is 12.0. The van der Waals surface area contributed by atoms with E-state index in [1.165, 1.54) is 4.90 Å². The summed E-state index contributed by atoms with van der Waals surface area (Å²) in [6.45, 7) is 6.00. The van der Waals surface area contributed by atoms with Gasteiger partial charge in [-0.2, -0.15) is 0 Å². The zero-order valence-corrected chi connectivity index (χ0v) is 12.0. The van der Waals surface area contributed by atoms with Crippen molar-refractivity contribution in [3.8, 4) is 0 Å². The Kier molecular flexibility index (Phi) is 4.04. The second-order valence-electron chi connectivity index (χ2n) is 6.18. The van der Waals surface area contributed by atoms with Crippen molar-refractivity contribution in [1.29, 1.82) is 0 Å². The van der Waals surface area contributed by atoms with E-state index in [9.17, 15) is 14.7 Å². The van der Waals surface area contributed by atoms with E-state index in [0.29, 0.717) is 19.6 Å². The molecule has 0 aromatic heterocycles. The number of rotatable bonds is 1. The summed E-state index contributed by atoms with van der Waals surface area (Å²) in [7, 11) is 0. The molecule has 0 spiro atoms. The van der Waals surface area contributed by atoms with Crippen LogP contribution in [0, 0.1) is 5.92 Å². The topological polar surface area (TPSA) is 76.1 Å². The number of fused-ring (bicyclic) bond motifs is 1. The molecule has 0 aromatic carbocycles. The van der Waals surface area contributed by atoms with Crippen LogP contribution in [0.15, 0.2) is 12.2 Å². The van der Waals surface area contributed by atoms with Gasteiger partial charge < -0.3 is 14.6 Å². The zero-order chi connectivity index (χ0) is 14.9. The number of hydrogen-bond acceptors (Lipinski definition) is 4. The molecule has 1 amide bonds. The van der Waals surface area contributed by atoms with Crippen LogP contribution in [-0.4, -0.2) is 53.0 Å². The fourth-order valence-corrected chi connectivity index (χ4v) is 2.63. The van der Waals surface area contributed by atoms with E-state index in [2.05, 4.69) is 0 Å². The van der Waals surface area contributed by atoms with Gasteiger partial charge in [-0.25, -0.2) is 9.59 Å². The molecule has 0 unspecified atom stereocenters. The number of hydrogen-bond donors (Lipinski definition) is 1. The van der Waals surface area contributed by atoms with Gasteiger partial charge in [-0.15, -0.1) is 0 Å². The van der Waals surface area contributed by atoms with Gasteiger partial charge in [-0.05, 0) is 27.2 Å². The molecule has 3 atom stereocenters. The van der Waals surface area contributed by atoms with Gasteiger partial charge in [0.2, 0.25) is 0 Å². The number of ether oxygens (including phenoxy) is 2. The molecule has 2 aliphatic heterocycles. The summed E-state index contributed by atoms with van der Waals surface area (Å²) < 4.78 is 10.9. The van der Waals surface area contributed by atoms with Crippen molar-refractivity contribution in [2.24, 2.45) is 5.92 Å². The summed E-state index contributed by atoms with van der Waals surface area (Å²) in [5.41, 5.74) is -0.647. The second-order valence-corrected chi connectivity index (χ2v) is 6.18. The minimum Gasteiger partial charge on any atom is -0.480 e. The number of amides is 1. The van der Waals surface area contributed by atoms with Gasteiger partial charge in [0.1, 0.15) is 5.60 Å². The third kappa shape index (κ3) is 3.12. The Morgan fingerprint density at radius 3 is 2.65 bits per heavy atom. The number of carbonyl (C=O) groups excluding carboxylic acids is 1. The molecule has 112 valence electrons. The SMILES string of the molecule is CC(C)(C)OC(=O)N1C[C@@H]2CC=CCO[C@H]2[C@H]1C(=O)O. The van der Waals surface area contributed by atoms with Gasteiger partial charge in [-0.1, -0.05) is 12.2 Å². The first-order valence-corrected chi connectivity index (χ1v) is 6.78. The fourth-order valence-electron chi connectivity index (χ4n) is 2.63. The molecule has 2 rings (SSSR count). The number of allylic oxidation sites excluding steroid dienone is 1. The van der Waals surface area contributed by atoms with E-state index < -0.39 is 29.8 Å². The van der Waals surface area contributed by atoms with Crippen LogP contribution in [0.2, 0.25) is 0 Å². The smallest absolute Gasteiger partial charge is 0.411 e. The fraction of sp³-hybridized carbons (Fsp3) is 0.714. The minimum absolute atomic E-state index is 0.00219. The molecular formula is C14H21NO5. The lowest BCUT2D eigenvalue weighted by molar-refractivity contribution is -0.146. The van der Waals surface area contributed by atoms with Crippen LogP contribution in [0.5, 0.6) is 0 Å². The van der Waals surface area contributed by atoms with E-state index in [4.69, 9.17) is 9.47 Å². The highest BCUT2D eigenvalue weighted by atomic mass is 16.6. The molecule has 6 nitrogen and oxygen atoms in total. The summed E-state index contributed by atoms with van der Waals surface area (Å²) >= 11 is 0. The van der Waals surface area contributed by atoms with E-state index in [1.807, 2.05) is 12.2 Å². The molecule has 6 heteroatoms. The van der Waals surface area contributed by atoms with Gasteiger partial charge in [0.05, 0.1) is 12.7 Å². The lowest BCUT2D eigenvalue weighted by Gasteiger charge is -2.28. The van der Waals surface area contributed by atoms with Crippen LogP contribution in [0.25, 0.3) is 0 Å². The molecule has 2 aliphatic rings. The maximum absolute atomic E-state index is 12.2. The molecule has 0 aliphatic carbocycles. The average molecular weight is 283 g/mol. The first-order chi connectivity index (χ1) is 9.29. The molecule has 0 radical (unpaired) electrons. The van der Waals surface area contributed by atoms with Crippen molar-refractivity contribution in [2.45, 2.75) is 44.9 Å². The Hall–Kier alpha value is -1.56. The van der Waals surface area contributed by atoms with Gasteiger partial charge in [0, 0.05) is 12.5 Å².